The first-order valence-electron chi connectivity index (χ1n) is 7.95. The van der Waals surface area contributed by atoms with Crippen molar-refractivity contribution in [2.75, 3.05) is 24.1 Å². The van der Waals surface area contributed by atoms with Crippen molar-refractivity contribution in [2.45, 2.75) is 29.8 Å². The highest BCUT2D eigenvalue weighted by Gasteiger charge is 2.20. The maximum atomic E-state index is 10.7. The van der Waals surface area contributed by atoms with Gasteiger partial charge in [0.1, 0.15) is 29.5 Å². The van der Waals surface area contributed by atoms with Crippen molar-refractivity contribution < 1.29 is 9.90 Å². The van der Waals surface area contributed by atoms with Crippen LogP contribution in [0.2, 0.25) is 0 Å². The first kappa shape index (κ1) is 20.6. The standard InChI is InChI=1S/C17H18N6O2S2/c1-4-12-13(5-18)16(22(2)3)21-17(14(12)6-19)27-10-26-11-7-20-23(8-11)9-15(24)25/h7-8H,4,9-10H2,1-3H3,(H,24,25). The molecule has 27 heavy (non-hydrogen) atoms. The van der Waals surface area contributed by atoms with Gasteiger partial charge in [-0.1, -0.05) is 18.7 Å². The van der Waals surface area contributed by atoms with Gasteiger partial charge in [0.15, 0.2) is 0 Å². The molecule has 0 bridgehead atoms. The maximum Gasteiger partial charge on any atom is 0.325 e. The maximum absolute atomic E-state index is 10.7. The summed E-state index contributed by atoms with van der Waals surface area (Å²) < 4.78 is 1.36. The molecule has 0 amide bonds. The minimum absolute atomic E-state index is 0.185. The zero-order valence-electron chi connectivity index (χ0n) is 15.1. The Bertz CT molecular complexity index is 927. The fraction of sp³-hybridized carbons (Fsp3) is 0.353. The Balaban J connectivity index is 2.22. The molecule has 0 aliphatic heterocycles. The molecule has 2 heterocycles. The van der Waals surface area contributed by atoms with E-state index in [1.807, 2.05) is 21.0 Å². The van der Waals surface area contributed by atoms with Gasteiger partial charge < -0.3 is 10.0 Å². The van der Waals surface area contributed by atoms with E-state index < -0.39 is 5.97 Å². The zero-order chi connectivity index (χ0) is 20.0. The van der Waals surface area contributed by atoms with Crippen LogP contribution in [0.1, 0.15) is 23.6 Å². The molecule has 0 aromatic carbocycles. The summed E-state index contributed by atoms with van der Waals surface area (Å²) >= 11 is 2.89. The van der Waals surface area contributed by atoms with E-state index in [-0.39, 0.29) is 6.54 Å². The molecule has 0 spiro atoms. The molecule has 10 heteroatoms. The summed E-state index contributed by atoms with van der Waals surface area (Å²) in [7, 11) is 3.63. The van der Waals surface area contributed by atoms with Gasteiger partial charge in [-0.25, -0.2) is 4.98 Å². The van der Waals surface area contributed by atoms with Crippen LogP contribution in [0.25, 0.3) is 0 Å². The van der Waals surface area contributed by atoms with Crippen LogP contribution in [-0.2, 0) is 17.8 Å². The molecule has 0 unspecified atom stereocenters. The Morgan fingerprint density at radius 2 is 2.00 bits per heavy atom. The largest absolute Gasteiger partial charge is 0.480 e. The van der Waals surface area contributed by atoms with Gasteiger partial charge in [-0.3, -0.25) is 9.48 Å². The number of hydrogen-bond acceptors (Lipinski definition) is 8. The second-order valence-corrected chi connectivity index (χ2v) is 7.99. The first-order valence-corrected chi connectivity index (χ1v) is 9.92. The van der Waals surface area contributed by atoms with Crippen LogP contribution < -0.4 is 4.90 Å². The molecule has 0 radical (unpaired) electrons. The van der Waals surface area contributed by atoms with Crippen molar-refractivity contribution in [1.82, 2.24) is 14.8 Å². The average molecular weight is 403 g/mol. The smallest absolute Gasteiger partial charge is 0.325 e. The number of rotatable bonds is 8. The van der Waals surface area contributed by atoms with Crippen LogP contribution in [0.4, 0.5) is 5.82 Å². The lowest BCUT2D eigenvalue weighted by molar-refractivity contribution is -0.137. The molecule has 0 saturated carbocycles. The van der Waals surface area contributed by atoms with E-state index in [9.17, 15) is 15.3 Å². The second-order valence-electron chi connectivity index (χ2n) is 5.61. The van der Waals surface area contributed by atoms with Gasteiger partial charge in [-0.2, -0.15) is 15.6 Å². The van der Waals surface area contributed by atoms with E-state index in [2.05, 4.69) is 22.2 Å². The Kier molecular flexibility index (Phi) is 7.11. The summed E-state index contributed by atoms with van der Waals surface area (Å²) in [5, 5.41) is 33.0. The van der Waals surface area contributed by atoms with Crippen molar-refractivity contribution in [3.05, 3.63) is 29.1 Å². The SMILES string of the molecule is CCc1c(C#N)c(SCSc2cnn(CC(=O)O)c2)nc(N(C)C)c1C#N. The van der Waals surface area contributed by atoms with Crippen molar-refractivity contribution >= 4 is 35.3 Å². The number of carboxylic acids is 1. The molecule has 0 atom stereocenters. The molecular weight excluding hydrogens is 384 g/mol. The highest BCUT2D eigenvalue weighted by molar-refractivity contribution is 8.16. The van der Waals surface area contributed by atoms with Crippen molar-refractivity contribution in [3.8, 4) is 12.1 Å². The van der Waals surface area contributed by atoms with Crippen molar-refractivity contribution in [2.24, 2.45) is 0 Å². The van der Waals surface area contributed by atoms with Crippen molar-refractivity contribution in [3.63, 3.8) is 0 Å². The summed E-state index contributed by atoms with van der Waals surface area (Å²) in [6.07, 6.45) is 3.84. The number of carbonyl (C=O) groups is 1. The summed E-state index contributed by atoms with van der Waals surface area (Å²) in [5.41, 5.74) is 1.58. The predicted molar refractivity (Wildman–Crippen MR) is 104 cm³/mol. The molecule has 8 nitrogen and oxygen atoms in total. The fourth-order valence-electron chi connectivity index (χ4n) is 2.41. The first-order chi connectivity index (χ1) is 12.9. The van der Waals surface area contributed by atoms with Crippen LogP contribution in [0.3, 0.4) is 0 Å². The third-order valence-electron chi connectivity index (χ3n) is 3.58. The zero-order valence-corrected chi connectivity index (χ0v) is 16.8. The minimum atomic E-state index is -0.951. The number of thioether (sulfide) groups is 2. The van der Waals surface area contributed by atoms with E-state index in [1.54, 1.807) is 17.3 Å². The Morgan fingerprint density at radius 1 is 1.30 bits per heavy atom. The quantitative estimate of drug-likeness (QED) is 0.525. The van der Waals surface area contributed by atoms with Crippen LogP contribution >= 0.6 is 23.5 Å². The lowest BCUT2D eigenvalue weighted by Crippen LogP contribution is -2.15. The van der Waals surface area contributed by atoms with Crippen LogP contribution in [-0.4, -0.2) is 45.0 Å². The molecule has 0 fully saturated rings. The number of aromatic nitrogens is 3. The van der Waals surface area contributed by atoms with Crippen molar-refractivity contribution in [1.29, 1.82) is 10.5 Å². The Labute approximate surface area is 165 Å². The number of nitrogens with zero attached hydrogens (tertiary/aromatic N) is 6. The average Bonchev–Trinajstić information content (AvgIpc) is 3.06. The third-order valence-corrected chi connectivity index (χ3v) is 5.63. The highest BCUT2D eigenvalue weighted by Crippen LogP contribution is 2.34. The van der Waals surface area contributed by atoms with Gasteiger partial charge in [0, 0.05) is 25.2 Å². The summed E-state index contributed by atoms with van der Waals surface area (Å²) in [6, 6.07) is 4.36. The topological polar surface area (TPSA) is 119 Å². The number of nitriles is 2. The monoisotopic (exact) mass is 402 g/mol. The van der Waals surface area contributed by atoms with E-state index in [4.69, 9.17) is 5.11 Å². The highest BCUT2D eigenvalue weighted by atomic mass is 32.2. The summed E-state index contributed by atoms with van der Waals surface area (Å²) in [6.45, 7) is 1.73. The van der Waals surface area contributed by atoms with Gasteiger partial charge in [0.2, 0.25) is 0 Å². The molecule has 0 aliphatic carbocycles. The number of pyridine rings is 1. The normalized spacial score (nSPS) is 10.3. The Morgan fingerprint density at radius 3 is 2.56 bits per heavy atom. The molecule has 0 saturated heterocycles. The molecule has 2 aromatic rings. The van der Waals surface area contributed by atoms with Gasteiger partial charge in [0.05, 0.1) is 22.4 Å². The number of aliphatic carboxylic acids is 1. The summed E-state index contributed by atoms with van der Waals surface area (Å²) in [5.74, 6) is -0.400. The number of anilines is 1. The van der Waals surface area contributed by atoms with Gasteiger partial charge in [-0.15, -0.1) is 11.8 Å². The second kappa shape index (κ2) is 9.31. The molecule has 0 aliphatic rings. The van der Waals surface area contributed by atoms with E-state index in [0.717, 1.165) is 4.90 Å². The Hall–Kier alpha value is -2.69. The van der Waals surface area contributed by atoms with E-state index in [1.165, 1.54) is 28.2 Å². The molecule has 2 aromatic heterocycles. The lowest BCUT2D eigenvalue weighted by Gasteiger charge is -2.18. The van der Waals surface area contributed by atoms with Gasteiger partial charge in [-0.05, 0) is 12.0 Å². The van der Waals surface area contributed by atoms with Crippen LogP contribution in [0.15, 0.2) is 22.3 Å². The van der Waals surface area contributed by atoms with Crippen LogP contribution in [0.5, 0.6) is 0 Å². The minimum Gasteiger partial charge on any atom is -0.480 e. The van der Waals surface area contributed by atoms with Crippen LogP contribution in [0, 0.1) is 22.7 Å². The number of hydrogen-bond donors (Lipinski definition) is 1. The molecule has 1 N–H and O–H groups in total. The molecule has 2 rings (SSSR count). The van der Waals surface area contributed by atoms with Gasteiger partial charge in [0.25, 0.3) is 0 Å². The van der Waals surface area contributed by atoms with Gasteiger partial charge >= 0.3 is 5.97 Å². The van der Waals surface area contributed by atoms with E-state index in [0.29, 0.717) is 39.0 Å². The molecular formula is C17H18N6O2S2. The number of carboxylic acid groups (broad SMARTS) is 1. The summed E-state index contributed by atoms with van der Waals surface area (Å²) in [4.78, 5) is 17.8. The lowest BCUT2D eigenvalue weighted by atomic mass is 10.0. The van der Waals surface area contributed by atoms with E-state index >= 15 is 0 Å². The predicted octanol–water partition coefficient (Wildman–Crippen LogP) is 2.58. The molecule has 140 valence electrons. The fourth-order valence-corrected chi connectivity index (χ4v) is 4.42. The third kappa shape index (κ3) is 4.94.